The highest BCUT2D eigenvalue weighted by Crippen LogP contribution is 2.21. The Labute approximate surface area is 142 Å². The molecule has 0 aliphatic carbocycles. The molecule has 2 atom stereocenters. The van der Waals surface area contributed by atoms with Gasteiger partial charge in [-0.3, -0.25) is 10.1 Å². The number of primary amides is 1. The molecule has 24 heavy (non-hydrogen) atoms. The van der Waals surface area contributed by atoms with E-state index in [-0.39, 0.29) is 6.61 Å². The zero-order chi connectivity index (χ0) is 17.8. The molecule has 7 heteroatoms. The Balaban J connectivity index is 2.54. The monoisotopic (exact) mass is 338 g/mol. The number of carbonyl (C=O) groups excluding carboxylic acids is 2. The molecule has 2 unspecified atom stereocenters. The molecule has 1 amide bonds. The van der Waals surface area contributed by atoms with Crippen LogP contribution in [0.2, 0.25) is 0 Å². The number of benzene rings is 1. The van der Waals surface area contributed by atoms with Crippen LogP contribution in [-0.4, -0.2) is 36.5 Å². The van der Waals surface area contributed by atoms with Crippen molar-refractivity contribution in [3.63, 3.8) is 0 Å². The molecule has 0 aromatic heterocycles. The summed E-state index contributed by atoms with van der Waals surface area (Å²) in [7, 11) is 0. The number of aldehydes is 1. The van der Waals surface area contributed by atoms with Crippen LogP contribution in [0.25, 0.3) is 0 Å². The van der Waals surface area contributed by atoms with Crippen LogP contribution >= 0.6 is 0 Å². The first-order valence-corrected chi connectivity index (χ1v) is 8.13. The van der Waals surface area contributed by atoms with E-state index in [2.05, 4.69) is 10.1 Å². The van der Waals surface area contributed by atoms with Crippen LogP contribution in [0.4, 0.5) is 4.79 Å². The Morgan fingerprint density at radius 2 is 2.12 bits per heavy atom. The maximum Gasteiger partial charge on any atom is 0.404 e. The lowest BCUT2D eigenvalue weighted by molar-refractivity contribution is -0.116. The van der Waals surface area contributed by atoms with Crippen LogP contribution in [-0.2, 0) is 16.0 Å². The highest BCUT2D eigenvalue weighted by atomic mass is 16.5. The van der Waals surface area contributed by atoms with Crippen LogP contribution in [0, 0.1) is 0 Å². The number of para-hydroxylation sites is 1. The molecule has 0 fully saturated rings. The van der Waals surface area contributed by atoms with E-state index in [4.69, 9.17) is 10.5 Å². The van der Waals surface area contributed by atoms with Crippen LogP contribution < -0.4 is 15.8 Å². The minimum atomic E-state index is -0.911. The second-order valence-corrected chi connectivity index (χ2v) is 5.38. The number of hydrogen-bond donors (Lipinski definition) is 3. The van der Waals surface area contributed by atoms with E-state index in [0.717, 1.165) is 18.4 Å². The molecule has 0 bridgehead atoms. The third-order valence-electron chi connectivity index (χ3n) is 3.35. The minimum Gasteiger partial charge on any atom is -0.468 e. The van der Waals surface area contributed by atoms with E-state index in [1.54, 1.807) is 6.07 Å². The fourth-order valence-corrected chi connectivity index (χ4v) is 2.20. The first kappa shape index (κ1) is 19.9. The second kappa shape index (κ2) is 11.4. The van der Waals surface area contributed by atoms with Crippen LogP contribution in [0.3, 0.4) is 0 Å². The van der Waals surface area contributed by atoms with E-state index in [1.807, 2.05) is 25.1 Å². The number of unbranched alkanes of at least 4 members (excludes halogenated alkanes) is 1. The molecule has 1 aromatic carbocycles. The molecular formula is C17H26N2O5. The maximum absolute atomic E-state index is 11.2. The largest absolute Gasteiger partial charge is 0.468 e. The van der Waals surface area contributed by atoms with Crippen molar-refractivity contribution in [2.24, 2.45) is 5.73 Å². The third-order valence-corrected chi connectivity index (χ3v) is 3.35. The molecule has 0 aliphatic rings. The van der Waals surface area contributed by atoms with Crippen molar-refractivity contribution in [1.82, 2.24) is 5.32 Å². The highest BCUT2D eigenvalue weighted by molar-refractivity contribution is 5.64. The van der Waals surface area contributed by atoms with Crippen molar-refractivity contribution in [2.75, 3.05) is 6.61 Å². The normalized spacial score (nSPS) is 13.1. The van der Waals surface area contributed by atoms with Gasteiger partial charge in [0.15, 0.2) is 6.29 Å². The summed E-state index contributed by atoms with van der Waals surface area (Å²) in [6.45, 7) is 2.22. The molecule has 134 valence electrons. The van der Waals surface area contributed by atoms with Crippen LogP contribution in [0.1, 0.15) is 38.2 Å². The molecule has 4 N–H and O–H groups in total. The standard InChI is InChI=1S/C17H26N2O5/c1-2-7-15(21)19-16(12-20)24-14-10-4-3-8-13(14)9-5-6-11-23-17(18)22/h3-4,8,10,12,15-16,19,21H,2,5-7,9,11H2,1H3,(H2,18,22). The van der Waals surface area contributed by atoms with Gasteiger partial charge < -0.3 is 20.3 Å². The lowest BCUT2D eigenvalue weighted by Crippen LogP contribution is -2.43. The summed E-state index contributed by atoms with van der Waals surface area (Å²) in [5, 5.41) is 12.5. The number of hydrogen-bond acceptors (Lipinski definition) is 6. The van der Waals surface area contributed by atoms with Crippen molar-refractivity contribution >= 4 is 12.4 Å². The lowest BCUT2D eigenvalue weighted by atomic mass is 10.1. The van der Waals surface area contributed by atoms with E-state index < -0.39 is 18.5 Å². The molecule has 7 nitrogen and oxygen atoms in total. The number of ether oxygens (including phenoxy) is 2. The molecule has 0 spiro atoms. The van der Waals surface area contributed by atoms with E-state index in [9.17, 15) is 14.7 Å². The van der Waals surface area contributed by atoms with Gasteiger partial charge in [0.2, 0.25) is 6.23 Å². The molecule has 0 saturated heterocycles. The maximum atomic E-state index is 11.2. The fraction of sp³-hybridized carbons (Fsp3) is 0.529. The van der Waals surface area contributed by atoms with Gasteiger partial charge in [-0.1, -0.05) is 31.5 Å². The summed E-state index contributed by atoms with van der Waals surface area (Å²) >= 11 is 0. The number of rotatable bonds is 12. The number of nitrogens with two attached hydrogens (primary N) is 1. The number of aliphatic hydroxyl groups is 1. The van der Waals surface area contributed by atoms with Crippen molar-refractivity contribution in [2.45, 2.75) is 51.5 Å². The Morgan fingerprint density at radius 1 is 1.38 bits per heavy atom. The van der Waals surface area contributed by atoms with E-state index in [1.165, 1.54) is 0 Å². The topological polar surface area (TPSA) is 111 Å². The van der Waals surface area contributed by atoms with Gasteiger partial charge in [0, 0.05) is 0 Å². The zero-order valence-corrected chi connectivity index (χ0v) is 13.9. The molecule has 0 aliphatic heterocycles. The van der Waals surface area contributed by atoms with Crippen molar-refractivity contribution in [1.29, 1.82) is 0 Å². The average molecular weight is 338 g/mol. The molecule has 1 rings (SSSR count). The van der Waals surface area contributed by atoms with Gasteiger partial charge >= 0.3 is 6.09 Å². The van der Waals surface area contributed by atoms with Gasteiger partial charge in [0.1, 0.15) is 12.0 Å². The number of aryl methyl sites for hydroxylation is 1. The highest BCUT2D eigenvalue weighted by Gasteiger charge is 2.15. The van der Waals surface area contributed by atoms with Crippen molar-refractivity contribution in [3.05, 3.63) is 29.8 Å². The second-order valence-electron chi connectivity index (χ2n) is 5.38. The number of carbonyl (C=O) groups is 2. The number of nitrogens with one attached hydrogen (secondary N) is 1. The zero-order valence-electron chi connectivity index (χ0n) is 13.9. The smallest absolute Gasteiger partial charge is 0.404 e. The van der Waals surface area contributed by atoms with Crippen LogP contribution in [0.15, 0.2) is 24.3 Å². The molecule has 1 aromatic rings. The molecule has 0 saturated carbocycles. The van der Waals surface area contributed by atoms with Gasteiger partial charge in [-0.15, -0.1) is 0 Å². The Hall–Kier alpha value is -2.12. The van der Waals surface area contributed by atoms with E-state index >= 15 is 0 Å². The lowest BCUT2D eigenvalue weighted by Gasteiger charge is -2.20. The summed E-state index contributed by atoms with van der Waals surface area (Å²) in [5.41, 5.74) is 5.84. The predicted molar refractivity (Wildman–Crippen MR) is 89.4 cm³/mol. The molecule has 0 radical (unpaired) electrons. The first-order valence-electron chi connectivity index (χ1n) is 8.13. The average Bonchev–Trinajstić information content (AvgIpc) is 2.55. The Morgan fingerprint density at radius 3 is 2.79 bits per heavy atom. The van der Waals surface area contributed by atoms with Crippen LogP contribution in [0.5, 0.6) is 5.75 Å². The van der Waals surface area contributed by atoms with Crippen molar-refractivity contribution < 1.29 is 24.2 Å². The third kappa shape index (κ3) is 7.94. The SMILES string of the molecule is CCCC(O)NC(C=O)Oc1ccccc1CCCCOC(N)=O. The van der Waals surface area contributed by atoms with Gasteiger partial charge in [-0.2, -0.15) is 0 Å². The number of aliphatic hydroxyl groups excluding tert-OH is 1. The minimum absolute atomic E-state index is 0.278. The summed E-state index contributed by atoms with van der Waals surface area (Å²) in [6.07, 6.45) is 1.66. The number of amides is 1. The molecule has 0 heterocycles. The predicted octanol–water partition coefficient (Wildman–Crippen LogP) is 1.72. The van der Waals surface area contributed by atoms with Gasteiger partial charge in [0.25, 0.3) is 0 Å². The Bertz CT molecular complexity index is 510. The Kier molecular flexibility index (Phi) is 9.48. The fourth-order valence-electron chi connectivity index (χ4n) is 2.20. The van der Waals surface area contributed by atoms with Gasteiger partial charge in [-0.25, -0.2) is 4.79 Å². The van der Waals surface area contributed by atoms with Gasteiger partial charge in [-0.05, 0) is 37.3 Å². The summed E-state index contributed by atoms with van der Waals surface area (Å²) in [6, 6.07) is 7.39. The quantitative estimate of drug-likeness (QED) is 0.304. The first-order chi connectivity index (χ1) is 11.6. The summed E-state index contributed by atoms with van der Waals surface area (Å²) in [4.78, 5) is 21.7. The van der Waals surface area contributed by atoms with E-state index in [0.29, 0.717) is 31.3 Å². The summed E-state index contributed by atoms with van der Waals surface area (Å²) < 4.78 is 10.3. The molecular weight excluding hydrogens is 312 g/mol. The van der Waals surface area contributed by atoms with Gasteiger partial charge in [0.05, 0.1) is 6.61 Å². The van der Waals surface area contributed by atoms with Crippen molar-refractivity contribution in [3.8, 4) is 5.75 Å². The summed E-state index contributed by atoms with van der Waals surface area (Å²) in [5.74, 6) is 0.585.